The molecular formula is C63H104O6. The fourth-order valence-corrected chi connectivity index (χ4v) is 7.53. The standard InChI is InChI=1S/C63H104O6/c1-4-7-10-13-16-19-22-25-28-30-31-33-36-39-42-45-48-51-54-57-63(66)69-60(58-67-61(64)55-52-49-46-43-40-37-34-27-24-21-18-15-12-9-6-3)59-68-62(65)56-53-50-47-44-41-38-35-32-29-26-23-20-17-14-11-8-5-2/h9,12,16,18-19,21,25,27-28,31,33-34,39-40,42-43,48,51,60H,4-8,10-11,13-15,17,20,22-24,26,29-30,32,35-38,41,44-47,49-50,52-59H2,1-3H3/b12-9-,19-16-,21-18-,28-25-,33-31-,34-27-,42-39-,43-40-,51-48-/t60-/m1/s1. The molecule has 0 spiro atoms. The van der Waals surface area contributed by atoms with E-state index in [1.165, 1.54) is 116 Å². The van der Waals surface area contributed by atoms with Crippen LogP contribution in [-0.2, 0) is 28.6 Å². The van der Waals surface area contributed by atoms with Gasteiger partial charge in [-0.05, 0) is 96.3 Å². The molecule has 0 bridgehead atoms. The molecule has 0 aromatic carbocycles. The van der Waals surface area contributed by atoms with Crippen molar-refractivity contribution in [3.63, 3.8) is 0 Å². The van der Waals surface area contributed by atoms with Gasteiger partial charge in [0.05, 0.1) is 0 Å². The Balaban J connectivity index is 4.55. The van der Waals surface area contributed by atoms with Gasteiger partial charge in [0.1, 0.15) is 13.2 Å². The molecule has 1 atom stereocenters. The molecule has 0 aliphatic rings. The maximum absolute atomic E-state index is 12.8. The summed E-state index contributed by atoms with van der Waals surface area (Å²) in [7, 11) is 0. The molecule has 0 saturated heterocycles. The Labute approximate surface area is 425 Å². The molecule has 0 aliphatic heterocycles. The van der Waals surface area contributed by atoms with E-state index in [-0.39, 0.29) is 38.0 Å². The highest BCUT2D eigenvalue weighted by atomic mass is 16.6. The first kappa shape index (κ1) is 65.1. The molecule has 0 fully saturated rings. The third-order valence-corrected chi connectivity index (χ3v) is 11.8. The van der Waals surface area contributed by atoms with Crippen LogP contribution < -0.4 is 0 Å². The summed E-state index contributed by atoms with van der Waals surface area (Å²) in [5.74, 6) is -1.05. The molecule has 0 radical (unpaired) electrons. The highest BCUT2D eigenvalue weighted by Crippen LogP contribution is 2.15. The van der Waals surface area contributed by atoms with Crippen LogP contribution in [0.2, 0.25) is 0 Å². The third-order valence-electron chi connectivity index (χ3n) is 11.8. The molecular weight excluding hydrogens is 853 g/mol. The Bertz CT molecular complexity index is 1420. The van der Waals surface area contributed by atoms with Crippen molar-refractivity contribution >= 4 is 17.9 Å². The lowest BCUT2D eigenvalue weighted by Gasteiger charge is -2.18. The Morgan fingerprint density at radius 3 is 0.971 bits per heavy atom. The minimum atomic E-state index is -0.835. The van der Waals surface area contributed by atoms with Crippen molar-refractivity contribution in [2.24, 2.45) is 0 Å². The summed E-state index contributed by atoms with van der Waals surface area (Å²) >= 11 is 0. The molecule has 0 heterocycles. The molecule has 392 valence electrons. The van der Waals surface area contributed by atoms with Gasteiger partial charge in [-0.1, -0.05) is 246 Å². The van der Waals surface area contributed by atoms with E-state index in [0.29, 0.717) is 19.3 Å². The number of carbonyl (C=O) groups is 3. The van der Waals surface area contributed by atoms with Gasteiger partial charge in [0.2, 0.25) is 0 Å². The van der Waals surface area contributed by atoms with Gasteiger partial charge >= 0.3 is 17.9 Å². The van der Waals surface area contributed by atoms with Crippen LogP contribution in [0.1, 0.15) is 252 Å². The summed E-state index contributed by atoms with van der Waals surface area (Å²) in [6.07, 6.45) is 76.6. The molecule has 0 unspecified atom stereocenters. The fourth-order valence-electron chi connectivity index (χ4n) is 7.53. The van der Waals surface area contributed by atoms with Gasteiger partial charge in [-0.2, -0.15) is 0 Å². The highest BCUT2D eigenvalue weighted by Gasteiger charge is 2.19. The second-order valence-corrected chi connectivity index (χ2v) is 18.5. The topological polar surface area (TPSA) is 78.9 Å². The van der Waals surface area contributed by atoms with Gasteiger partial charge in [-0.3, -0.25) is 14.4 Å². The summed E-state index contributed by atoms with van der Waals surface area (Å²) in [5, 5.41) is 0. The van der Waals surface area contributed by atoms with Crippen molar-refractivity contribution in [1.82, 2.24) is 0 Å². The molecule has 0 saturated carbocycles. The van der Waals surface area contributed by atoms with Crippen LogP contribution in [0.4, 0.5) is 0 Å². The summed E-state index contributed by atoms with van der Waals surface area (Å²) in [6, 6.07) is 0. The zero-order chi connectivity index (χ0) is 50.0. The Morgan fingerprint density at radius 2 is 0.594 bits per heavy atom. The smallest absolute Gasteiger partial charge is 0.306 e. The maximum Gasteiger partial charge on any atom is 0.306 e. The lowest BCUT2D eigenvalue weighted by atomic mass is 10.0. The summed E-state index contributed by atoms with van der Waals surface area (Å²) < 4.78 is 16.7. The second-order valence-electron chi connectivity index (χ2n) is 18.5. The lowest BCUT2D eigenvalue weighted by molar-refractivity contribution is -0.166. The van der Waals surface area contributed by atoms with E-state index in [0.717, 1.165) is 83.5 Å². The molecule has 69 heavy (non-hydrogen) atoms. The van der Waals surface area contributed by atoms with Crippen LogP contribution >= 0.6 is 0 Å². The Hall–Kier alpha value is -3.93. The number of hydrogen-bond donors (Lipinski definition) is 0. The first-order valence-electron chi connectivity index (χ1n) is 28.4. The molecule has 6 heteroatoms. The minimum absolute atomic E-state index is 0.120. The zero-order valence-electron chi connectivity index (χ0n) is 44.8. The van der Waals surface area contributed by atoms with E-state index in [1.807, 2.05) is 12.2 Å². The van der Waals surface area contributed by atoms with Gasteiger partial charge in [0.25, 0.3) is 0 Å². The quantitative estimate of drug-likeness (QED) is 0.0262. The van der Waals surface area contributed by atoms with Crippen molar-refractivity contribution in [2.45, 2.75) is 258 Å². The van der Waals surface area contributed by atoms with E-state index in [1.54, 1.807) is 0 Å². The monoisotopic (exact) mass is 957 g/mol. The number of esters is 3. The normalized spacial score (nSPS) is 12.9. The Morgan fingerprint density at radius 1 is 0.304 bits per heavy atom. The molecule has 0 aliphatic carbocycles. The van der Waals surface area contributed by atoms with Crippen molar-refractivity contribution in [3.05, 3.63) is 109 Å². The van der Waals surface area contributed by atoms with Crippen LogP contribution in [0, 0.1) is 0 Å². The number of rotatable bonds is 50. The van der Waals surface area contributed by atoms with E-state index in [4.69, 9.17) is 14.2 Å². The van der Waals surface area contributed by atoms with Crippen molar-refractivity contribution < 1.29 is 28.6 Å². The lowest BCUT2D eigenvalue weighted by Crippen LogP contribution is -2.30. The molecule has 0 N–H and O–H groups in total. The second kappa shape index (κ2) is 56.7. The van der Waals surface area contributed by atoms with E-state index in [9.17, 15) is 14.4 Å². The number of allylic oxidation sites excluding steroid dienone is 18. The van der Waals surface area contributed by atoms with Crippen LogP contribution in [0.5, 0.6) is 0 Å². The van der Waals surface area contributed by atoms with E-state index >= 15 is 0 Å². The van der Waals surface area contributed by atoms with Gasteiger partial charge < -0.3 is 14.2 Å². The largest absolute Gasteiger partial charge is 0.462 e. The van der Waals surface area contributed by atoms with Crippen molar-refractivity contribution in [3.8, 4) is 0 Å². The van der Waals surface area contributed by atoms with Crippen LogP contribution in [0.25, 0.3) is 0 Å². The van der Waals surface area contributed by atoms with Crippen LogP contribution in [0.15, 0.2) is 109 Å². The fraction of sp³-hybridized carbons (Fsp3) is 0.667. The van der Waals surface area contributed by atoms with E-state index in [2.05, 4.69) is 118 Å². The zero-order valence-corrected chi connectivity index (χ0v) is 44.8. The summed E-state index contributed by atoms with van der Waals surface area (Å²) in [6.45, 7) is 6.41. The number of unbranched alkanes of at least 4 members (excludes halogenated alkanes) is 21. The molecule has 6 nitrogen and oxygen atoms in total. The number of hydrogen-bond acceptors (Lipinski definition) is 6. The summed E-state index contributed by atoms with van der Waals surface area (Å²) in [4.78, 5) is 38.1. The van der Waals surface area contributed by atoms with Gasteiger partial charge in [0.15, 0.2) is 6.10 Å². The predicted molar refractivity (Wildman–Crippen MR) is 297 cm³/mol. The van der Waals surface area contributed by atoms with Gasteiger partial charge in [0, 0.05) is 19.3 Å². The molecule has 0 amide bonds. The SMILES string of the molecule is CC/C=C\C/C=C\C/C=C\C/C=C\CCCCC(=O)OC[C@H](COC(=O)CCCCCCCCCCCCCCCCCCC)OC(=O)CC/C=C\C/C=C\C/C=C\C/C=C\C/C=C\CCCCC. The molecule has 0 rings (SSSR count). The number of ether oxygens (including phenoxy) is 3. The third kappa shape index (κ3) is 54.9. The van der Waals surface area contributed by atoms with Crippen molar-refractivity contribution in [2.75, 3.05) is 13.2 Å². The highest BCUT2D eigenvalue weighted by molar-refractivity contribution is 5.71. The van der Waals surface area contributed by atoms with Gasteiger partial charge in [-0.15, -0.1) is 0 Å². The summed E-state index contributed by atoms with van der Waals surface area (Å²) in [5.41, 5.74) is 0. The Kier molecular flexibility index (Phi) is 53.4. The first-order valence-corrected chi connectivity index (χ1v) is 28.4. The average Bonchev–Trinajstić information content (AvgIpc) is 3.35. The molecule has 0 aromatic heterocycles. The van der Waals surface area contributed by atoms with Crippen molar-refractivity contribution in [1.29, 1.82) is 0 Å². The predicted octanol–water partition coefficient (Wildman–Crippen LogP) is 19.1. The average molecular weight is 958 g/mol. The van der Waals surface area contributed by atoms with E-state index < -0.39 is 12.1 Å². The first-order chi connectivity index (χ1) is 34.0. The maximum atomic E-state index is 12.8. The van der Waals surface area contributed by atoms with Crippen LogP contribution in [-0.4, -0.2) is 37.2 Å². The molecule has 0 aromatic rings. The van der Waals surface area contributed by atoms with Crippen LogP contribution in [0.3, 0.4) is 0 Å². The minimum Gasteiger partial charge on any atom is -0.462 e. The van der Waals surface area contributed by atoms with Gasteiger partial charge in [-0.25, -0.2) is 0 Å². The number of carbonyl (C=O) groups excluding carboxylic acids is 3.